The molecule has 0 amide bonds. The second-order valence-corrected chi connectivity index (χ2v) is 5.49. The molecule has 1 aromatic rings. The van der Waals surface area contributed by atoms with Gasteiger partial charge in [-0.2, -0.15) is 0 Å². The van der Waals surface area contributed by atoms with Gasteiger partial charge in [0.15, 0.2) is 0 Å². The molecule has 1 saturated heterocycles. The number of nitrogens with zero attached hydrogens (tertiary/aromatic N) is 5. The zero-order valence-corrected chi connectivity index (χ0v) is 13.4. The van der Waals surface area contributed by atoms with Crippen molar-refractivity contribution >= 4 is 0 Å². The maximum absolute atomic E-state index is 3.78. The first kappa shape index (κ1) is 16.7. The van der Waals surface area contributed by atoms with E-state index in [4.69, 9.17) is 0 Å². The molecule has 20 heavy (non-hydrogen) atoms. The van der Waals surface area contributed by atoms with Crippen molar-refractivity contribution in [1.82, 2.24) is 24.3 Å². The highest BCUT2D eigenvalue weighted by molar-refractivity contribution is 4.88. The molecule has 114 valence electrons. The Labute approximate surface area is 123 Å². The number of likely N-dealkylation sites (N-methyl/N-ethyl adjacent to an activating group) is 2. The van der Waals surface area contributed by atoms with Gasteiger partial charge in [-0.05, 0) is 26.7 Å². The molecule has 1 fully saturated rings. The van der Waals surface area contributed by atoms with E-state index in [9.17, 15) is 0 Å². The Kier molecular flexibility index (Phi) is 7.99. The lowest BCUT2D eigenvalue weighted by Gasteiger charge is -2.28. The molecule has 0 N–H and O–H groups in total. The van der Waals surface area contributed by atoms with Crippen molar-refractivity contribution in [1.29, 1.82) is 0 Å². The van der Waals surface area contributed by atoms with Crippen molar-refractivity contribution in [2.45, 2.75) is 6.42 Å². The van der Waals surface area contributed by atoms with Crippen LogP contribution in [0.25, 0.3) is 0 Å². The molecule has 5 heteroatoms. The van der Waals surface area contributed by atoms with Crippen molar-refractivity contribution in [3.63, 3.8) is 0 Å². The molecule has 0 aliphatic carbocycles. The Balaban J connectivity index is 0.000000152. The minimum Gasteiger partial charge on any atom is -0.380 e. The van der Waals surface area contributed by atoms with Crippen LogP contribution in [0.3, 0.4) is 0 Å². The lowest BCUT2D eigenvalue weighted by Crippen LogP contribution is -2.42. The molecule has 0 atom stereocenters. The van der Waals surface area contributed by atoms with Gasteiger partial charge < -0.3 is 19.3 Å². The summed E-state index contributed by atoms with van der Waals surface area (Å²) >= 11 is 0. The van der Waals surface area contributed by atoms with Crippen LogP contribution in [0.5, 0.6) is 0 Å². The van der Waals surface area contributed by atoms with E-state index in [0.29, 0.717) is 0 Å². The summed E-state index contributed by atoms with van der Waals surface area (Å²) in [6.07, 6.45) is 10.9. The van der Waals surface area contributed by atoms with Crippen LogP contribution in [-0.2, 0) is 7.05 Å². The Hall–Kier alpha value is -1.33. The second-order valence-electron chi connectivity index (χ2n) is 5.49. The van der Waals surface area contributed by atoms with Crippen LogP contribution in [0.4, 0.5) is 0 Å². The van der Waals surface area contributed by atoms with E-state index in [1.165, 1.54) is 39.1 Å². The Bertz CT molecular complexity index is 342. The summed E-state index contributed by atoms with van der Waals surface area (Å²) < 4.78 is 1.89. The smallest absolute Gasteiger partial charge is 0.0943 e. The monoisotopic (exact) mass is 279 g/mol. The van der Waals surface area contributed by atoms with Gasteiger partial charge in [0.1, 0.15) is 0 Å². The molecule has 0 bridgehead atoms. The van der Waals surface area contributed by atoms with Gasteiger partial charge in [0, 0.05) is 59.2 Å². The minimum absolute atomic E-state index is 1.21. The molecule has 0 spiro atoms. The molecule has 0 aromatic carbocycles. The first-order valence-corrected chi connectivity index (χ1v) is 7.24. The van der Waals surface area contributed by atoms with E-state index in [1.54, 1.807) is 12.5 Å². The third-order valence-electron chi connectivity index (χ3n) is 3.37. The number of rotatable bonds is 0. The van der Waals surface area contributed by atoms with E-state index in [2.05, 4.69) is 53.1 Å². The first-order chi connectivity index (χ1) is 9.58. The van der Waals surface area contributed by atoms with Crippen LogP contribution in [0.15, 0.2) is 31.0 Å². The van der Waals surface area contributed by atoms with Gasteiger partial charge in [0.25, 0.3) is 0 Å². The highest BCUT2D eigenvalue weighted by Gasteiger charge is 2.07. The summed E-state index contributed by atoms with van der Waals surface area (Å²) in [4.78, 5) is 10.7. The van der Waals surface area contributed by atoms with Gasteiger partial charge in [-0.25, -0.2) is 4.98 Å². The number of hydrogen-bond donors (Lipinski definition) is 0. The van der Waals surface area contributed by atoms with E-state index in [1.807, 2.05) is 17.8 Å². The van der Waals surface area contributed by atoms with Gasteiger partial charge in [-0.1, -0.05) is 6.08 Å². The standard InChI is InChI=1S/C6H14N2.C5H9N.C4H6N2/c1-7-3-5-8(2)6-4-7;1-6-4-2-3-5-6;1-6-3-2-5-4-6/h3-6H2,1-2H3;2,4H,3,5H2,1H3;2-4H,1H3. The van der Waals surface area contributed by atoms with Crippen LogP contribution in [0.1, 0.15) is 6.42 Å². The summed E-state index contributed by atoms with van der Waals surface area (Å²) in [5.41, 5.74) is 0. The van der Waals surface area contributed by atoms with Crippen LogP contribution < -0.4 is 0 Å². The zero-order chi connectivity index (χ0) is 14.8. The fraction of sp³-hybridized carbons (Fsp3) is 0.667. The van der Waals surface area contributed by atoms with Crippen LogP contribution in [0.2, 0.25) is 0 Å². The summed E-state index contributed by atoms with van der Waals surface area (Å²) in [6.45, 7) is 6.14. The van der Waals surface area contributed by atoms with Gasteiger partial charge in [0.05, 0.1) is 6.33 Å². The normalized spacial score (nSPS) is 19.1. The van der Waals surface area contributed by atoms with E-state index >= 15 is 0 Å². The maximum atomic E-state index is 3.78. The van der Waals surface area contributed by atoms with Crippen LogP contribution in [0, 0.1) is 0 Å². The van der Waals surface area contributed by atoms with Crippen molar-refractivity contribution in [2.75, 3.05) is 53.9 Å². The quantitative estimate of drug-likeness (QED) is 0.711. The lowest BCUT2D eigenvalue weighted by molar-refractivity contribution is 0.181. The average Bonchev–Trinajstić information content (AvgIpc) is 3.08. The van der Waals surface area contributed by atoms with Crippen molar-refractivity contribution in [3.05, 3.63) is 31.0 Å². The maximum Gasteiger partial charge on any atom is 0.0943 e. The minimum atomic E-state index is 1.21. The summed E-state index contributed by atoms with van der Waals surface area (Å²) in [7, 11) is 8.37. The molecule has 2 aliphatic heterocycles. The zero-order valence-electron chi connectivity index (χ0n) is 13.4. The number of imidazole rings is 1. The molecule has 3 rings (SSSR count). The fourth-order valence-corrected chi connectivity index (χ4v) is 1.84. The second kappa shape index (κ2) is 9.55. The number of aryl methyl sites for hydroxylation is 1. The Morgan fingerprint density at radius 2 is 1.45 bits per heavy atom. The highest BCUT2D eigenvalue weighted by atomic mass is 15.2. The predicted molar refractivity (Wildman–Crippen MR) is 84.6 cm³/mol. The van der Waals surface area contributed by atoms with Crippen molar-refractivity contribution in [3.8, 4) is 0 Å². The first-order valence-electron chi connectivity index (χ1n) is 7.24. The van der Waals surface area contributed by atoms with Crippen molar-refractivity contribution < 1.29 is 0 Å². The topological polar surface area (TPSA) is 27.5 Å². The van der Waals surface area contributed by atoms with Crippen LogP contribution >= 0.6 is 0 Å². The molecular formula is C15H29N5. The predicted octanol–water partition coefficient (Wildman–Crippen LogP) is 1.12. The Morgan fingerprint density at radius 1 is 0.850 bits per heavy atom. The van der Waals surface area contributed by atoms with Crippen LogP contribution in [-0.4, -0.2) is 78.1 Å². The molecular weight excluding hydrogens is 250 g/mol. The summed E-state index contributed by atoms with van der Waals surface area (Å²) in [5.74, 6) is 0. The molecule has 0 saturated carbocycles. The SMILES string of the molecule is CN1C=CCC1.CN1CCN(C)CC1.Cn1ccnc1. The largest absolute Gasteiger partial charge is 0.380 e. The third kappa shape index (κ3) is 7.96. The van der Waals surface area contributed by atoms with Gasteiger partial charge >= 0.3 is 0 Å². The Morgan fingerprint density at radius 3 is 1.65 bits per heavy atom. The molecule has 2 aliphatic rings. The fourth-order valence-electron chi connectivity index (χ4n) is 1.84. The molecule has 1 aromatic heterocycles. The molecule has 3 heterocycles. The van der Waals surface area contributed by atoms with Gasteiger partial charge in [-0.15, -0.1) is 0 Å². The molecule has 0 radical (unpaired) electrons. The van der Waals surface area contributed by atoms with Gasteiger partial charge in [0.2, 0.25) is 0 Å². The van der Waals surface area contributed by atoms with Gasteiger partial charge in [-0.3, -0.25) is 0 Å². The van der Waals surface area contributed by atoms with Crippen molar-refractivity contribution in [2.24, 2.45) is 7.05 Å². The van der Waals surface area contributed by atoms with E-state index in [-0.39, 0.29) is 0 Å². The third-order valence-corrected chi connectivity index (χ3v) is 3.37. The molecule has 0 unspecified atom stereocenters. The van der Waals surface area contributed by atoms with E-state index in [0.717, 1.165) is 0 Å². The number of aromatic nitrogens is 2. The highest BCUT2D eigenvalue weighted by Crippen LogP contribution is 1.97. The molecule has 5 nitrogen and oxygen atoms in total. The average molecular weight is 279 g/mol. The summed E-state index contributed by atoms with van der Waals surface area (Å²) in [6, 6.07) is 0. The summed E-state index contributed by atoms with van der Waals surface area (Å²) in [5, 5.41) is 0. The number of piperazine rings is 1. The number of hydrogen-bond acceptors (Lipinski definition) is 4. The lowest BCUT2D eigenvalue weighted by atomic mass is 10.4. The van der Waals surface area contributed by atoms with E-state index < -0.39 is 0 Å².